The van der Waals surface area contributed by atoms with Gasteiger partial charge < -0.3 is 0 Å². The fraction of sp³-hybridized carbons (Fsp3) is 0.500. The second-order valence-corrected chi connectivity index (χ2v) is 2.28. The van der Waals surface area contributed by atoms with Gasteiger partial charge in [0, 0.05) is 5.70 Å². The van der Waals surface area contributed by atoms with Crippen molar-refractivity contribution < 1.29 is 5.21 Å². The minimum atomic E-state index is 0.686. The lowest BCUT2D eigenvalue weighted by Crippen LogP contribution is -2.10. The van der Waals surface area contributed by atoms with Crippen molar-refractivity contribution in [2.24, 2.45) is 0 Å². The summed E-state index contributed by atoms with van der Waals surface area (Å²) in [6.45, 7) is 1.88. The number of nitrogens with zero attached hydrogens (tertiary/aromatic N) is 1. The summed E-state index contributed by atoms with van der Waals surface area (Å²) in [6.07, 6.45) is 0. The molecule has 0 unspecified atom stereocenters. The van der Waals surface area contributed by atoms with Gasteiger partial charge in [0.05, 0.1) is 5.88 Å². The van der Waals surface area contributed by atoms with E-state index < -0.39 is 0 Å². The topological polar surface area (TPSA) is 23.5 Å². The van der Waals surface area contributed by atoms with Crippen LogP contribution in [0, 0.1) is 0 Å². The summed E-state index contributed by atoms with van der Waals surface area (Å²) in [6, 6.07) is 0. The van der Waals surface area contributed by atoms with Gasteiger partial charge in [0.25, 0.3) is 0 Å². The van der Waals surface area contributed by atoms with Gasteiger partial charge in [-0.15, -0.1) is 11.8 Å². The van der Waals surface area contributed by atoms with E-state index in [0.717, 1.165) is 5.70 Å². The Morgan fingerprint density at radius 3 is 2.86 bits per heavy atom. The molecule has 0 amide bonds. The molecule has 0 aliphatic carbocycles. The van der Waals surface area contributed by atoms with Gasteiger partial charge in [0.15, 0.2) is 0 Å². The van der Waals surface area contributed by atoms with E-state index in [1.165, 1.54) is 5.06 Å². The molecule has 1 rings (SSSR count). The van der Waals surface area contributed by atoms with E-state index in [0.29, 0.717) is 5.88 Å². The number of hydrogen-bond acceptors (Lipinski definition) is 3. The van der Waals surface area contributed by atoms with Gasteiger partial charge in [0.2, 0.25) is 0 Å². The van der Waals surface area contributed by atoms with E-state index in [-0.39, 0.29) is 0 Å². The van der Waals surface area contributed by atoms with E-state index in [9.17, 15) is 0 Å². The summed E-state index contributed by atoms with van der Waals surface area (Å²) in [4.78, 5) is 0. The molecule has 7 heavy (non-hydrogen) atoms. The molecule has 0 saturated heterocycles. The minimum absolute atomic E-state index is 0.686. The molecule has 1 N–H and O–H groups in total. The Kier molecular flexibility index (Phi) is 1.25. The maximum absolute atomic E-state index is 8.74. The Morgan fingerprint density at radius 1 is 2.00 bits per heavy atom. The highest BCUT2D eigenvalue weighted by Crippen LogP contribution is 2.19. The van der Waals surface area contributed by atoms with E-state index in [1.54, 1.807) is 11.8 Å². The molecule has 0 fully saturated rings. The van der Waals surface area contributed by atoms with Crippen molar-refractivity contribution in [1.82, 2.24) is 5.06 Å². The first-order valence-electron chi connectivity index (χ1n) is 2.05. The van der Waals surface area contributed by atoms with E-state index in [2.05, 4.69) is 0 Å². The smallest absolute Gasteiger partial charge is 0.0944 e. The molecule has 0 radical (unpaired) electrons. The lowest BCUT2D eigenvalue weighted by molar-refractivity contribution is -0.0318. The van der Waals surface area contributed by atoms with Gasteiger partial charge >= 0.3 is 0 Å². The predicted molar refractivity (Wildman–Crippen MR) is 29.8 cm³/mol. The first-order valence-corrected chi connectivity index (χ1v) is 3.10. The number of hydrogen-bond donors (Lipinski definition) is 1. The van der Waals surface area contributed by atoms with Crippen LogP contribution in [0.15, 0.2) is 11.1 Å². The first kappa shape index (κ1) is 5.00. The number of rotatable bonds is 0. The van der Waals surface area contributed by atoms with E-state index >= 15 is 0 Å². The Balaban J connectivity index is 2.54. The van der Waals surface area contributed by atoms with Crippen LogP contribution in [-0.4, -0.2) is 16.1 Å². The average Bonchev–Trinajstić information content (AvgIpc) is 1.91. The Morgan fingerprint density at radius 2 is 2.71 bits per heavy atom. The normalized spacial score (nSPS) is 20.3. The molecule has 40 valence electrons. The third-order valence-corrected chi connectivity index (χ3v) is 1.76. The van der Waals surface area contributed by atoms with Crippen molar-refractivity contribution in [3.8, 4) is 0 Å². The van der Waals surface area contributed by atoms with Gasteiger partial charge in [-0.2, -0.15) is 0 Å². The molecule has 0 spiro atoms. The van der Waals surface area contributed by atoms with Gasteiger partial charge in [0.1, 0.15) is 0 Å². The van der Waals surface area contributed by atoms with Gasteiger partial charge in [-0.05, 0) is 12.3 Å². The lowest BCUT2D eigenvalue weighted by atomic mass is 10.6. The first-order chi connectivity index (χ1) is 3.30. The van der Waals surface area contributed by atoms with Crippen LogP contribution < -0.4 is 0 Å². The highest BCUT2D eigenvalue weighted by Gasteiger charge is 2.05. The highest BCUT2D eigenvalue weighted by atomic mass is 32.2. The second-order valence-electron chi connectivity index (χ2n) is 1.45. The third-order valence-electron chi connectivity index (χ3n) is 0.858. The van der Waals surface area contributed by atoms with E-state index in [4.69, 9.17) is 5.21 Å². The molecule has 0 atom stereocenters. The van der Waals surface area contributed by atoms with Crippen molar-refractivity contribution >= 4 is 11.8 Å². The largest absolute Gasteiger partial charge is 0.288 e. The van der Waals surface area contributed by atoms with Crippen LogP contribution in [0.2, 0.25) is 0 Å². The Labute approximate surface area is 46.8 Å². The lowest BCUT2D eigenvalue weighted by Gasteiger charge is -2.06. The zero-order valence-electron chi connectivity index (χ0n) is 4.09. The zero-order valence-corrected chi connectivity index (χ0v) is 4.90. The molecular formula is C4H7NOS. The predicted octanol–water partition coefficient (Wildman–Crippen LogP) is 1.24. The summed E-state index contributed by atoms with van der Waals surface area (Å²) in [7, 11) is 0. The van der Waals surface area contributed by atoms with Gasteiger partial charge in [-0.3, -0.25) is 10.3 Å². The molecule has 0 bridgehead atoms. The van der Waals surface area contributed by atoms with Gasteiger partial charge in [-0.25, -0.2) is 0 Å². The molecule has 0 aromatic heterocycles. The van der Waals surface area contributed by atoms with Crippen LogP contribution in [0.5, 0.6) is 0 Å². The van der Waals surface area contributed by atoms with Crippen molar-refractivity contribution in [3.05, 3.63) is 11.1 Å². The molecule has 0 aromatic rings. The fourth-order valence-electron chi connectivity index (χ4n) is 0.391. The molecule has 1 aliphatic rings. The van der Waals surface area contributed by atoms with Crippen LogP contribution in [-0.2, 0) is 0 Å². The SMILES string of the molecule is CC1=CSCN1O. The highest BCUT2D eigenvalue weighted by molar-refractivity contribution is 8.02. The molecule has 1 aliphatic heterocycles. The second kappa shape index (κ2) is 1.76. The monoisotopic (exact) mass is 117 g/mol. The Hall–Kier alpha value is -0.150. The van der Waals surface area contributed by atoms with Crippen LogP contribution in [0.25, 0.3) is 0 Å². The summed E-state index contributed by atoms with van der Waals surface area (Å²) in [5, 5.41) is 11.9. The standard InChI is InChI=1S/C4H7NOS/c1-4-2-7-3-5(4)6/h2,6H,3H2,1H3. The summed E-state index contributed by atoms with van der Waals surface area (Å²) < 4.78 is 0. The molecule has 0 aromatic carbocycles. The van der Waals surface area contributed by atoms with Crippen LogP contribution >= 0.6 is 11.8 Å². The number of allylic oxidation sites excluding steroid dienone is 1. The quantitative estimate of drug-likeness (QED) is 0.516. The van der Waals surface area contributed by atoms with Crippen molar-refractivity contribution in [2.45, 2.75) is 6.92 Å². The molecule has 2 nitrogen and oxygen atoms in total. The van der Waals surface area contributed by atoms with Crippen molar-refractivity contribution in [3.63, 3.8) is 0 Å². The molecule has 1 heterocycles. The van der Waals surface area contributed by atoms with E-state index in [1.807, 2.05) is 12.3 Å². The van der Waals surface area contributed by atoms with Crippen molar-refractivity contribution in [1.29, 1.82) is 0 Å². The third kappa shape index (κ3) is 0.894. The molecular weight excluding hydrogens is 110 g/mol. The Bertz CT molecular complexity index is 102. The van der Waals surface area contributed by atoms with Crippen molar-refractivity contribution in [2.75, 3.05) is 5.88 Å². The molecule has 0 saturated carbocycles. The maximum Gasteiger partial charge on any atom is 0.0944 e. The summed E-state index contributed by atoms with van der Waals surface area (Å²) >= 11 is 1.60. The van der Waals surface area contributed by atoms with Gasteiger partial charge in [-0.1, -0.05) is 0 Å². The van der Waals surface area contributed by atoms with Crippen LogP contribution in [0.4, 0.5) is 0 Å². The molecule has 3 heteroatoms. The zero-order chi connectivity index (χ0) is 5.28. The number of thioether (sulfide) groups is 1. The maximum atomic E-state index is 8.74. The van der Waals surface area contributed by atoms with Crippen LogP contribution in [0.1, 0.15) is 6.92 Å². The minimum Gasteiger partial charge on any atom is -0.288 e. The van der Waals surface area contributed by atoms with Crippen LogP contribution in [0.3, 0.4) is 0 Å². The average molecular weight is 117 g/mol. The fourth-order valence-corrected chi connectivity index (χ4v) is 1.17. The summed E-state index contributed by atoms with van der Waals surface area (Å²) in [5.74, 6) is 0.686. The number of hydroxylamine groups is 2. The summed E-state index contributed by atoms with van der Waals surface area (Å²) in [5.41, 5.74) is 0.935.